The van der Waals surface area contributed by atoms with Gasteiger partial charge in [-0.15, -0.1) is 0 Å². The largest absolute Gasteiger partial charge is 0.487 e. The van der Waals surface area contributed by atoms with Crippen molar-refractivity contribution in [1.82, 2.24) is 5.32 Å². The quantitative estimate of drug-likeness (QED) is 0.466. The van der Waals surface area contributed by atoms with Crippen LogP contribution in [0.2, 0.25) is 0 Å². The smallest absolute Gasteiger partial charge is 0.254 e. The van der Waals surface area contributed by atoms with Crippen LogP contribution in [0.5, 0.6) is 0 Å². The lowest BCUT2D eigenvalue weighted by Gasteiger charge is -2.12. The van der Waals surface area contributed by atoms with Gasteiger partial charge in [-0.3, -0.25) is 4.79 Å². The fourth-order valence-electron chi connectivity index (χ4n) is 0.667. The molecule has 0 saturated heterocycles. The monoisotopic (exact) mass is 294 g/mol. The minimum Gasteiger partial charge on any atom is -0.487 e. The van der Waals surface area contributed by atoms with Crippen LogP contribution in [0.25, 0.3) is 0 Å². The SMILES string of the molecule is C=CC(C)=O.CCC(CC)NC(O)=S.NC(O)=S. The zero-order valence-corrected chi connectivity index (χ0v) is 12.6. The Balaban J connectivity index is -0.000000212. The van der Waals surface area contributed by atoms with E-state index >= 15 is 0 Å². The molecule has 0 aromatic heterocycles. The highest BCUT2D eigenvalue weighted by molar-refractivity contribution is 7.80. The van der Waals surface area contributed by atoms with Crippen molar-refractivity contribution in [2.45, 2.75) is 39.7 Å². The average molecular weight is 294 g/mol. The highest BCUT2D eigenvalue weighted by Crippen LogP contribution is 1.94. The Kier molecular flexibility index (Phi) is 19.3. The average Bonchev–Trinajstić information content (AvgIpc) is 2.25. The zero-order chi connectivity index (χ0) is 15.1. The van der Waals surface area contributed by atoms with E-state index in [0.29, 0.717) is 6.04 Å². The van der Waals surface area contributed by atoms with Crippen LogP contribution in [-0.2, 0) is 4.79 Å². The summed E-state index contributed by atoms with van der Waals surface area (Å²) in [6.07, 6.45) is 3.27. The first-order valence-electron chi connectivity index (χ1n) is 5.31. The summed E-state index contributed by atoms with van der Waals surface area (Å²) in [5, 5.41) is 18.3. The van der Waals surface area contributed by atoms with Gasteiger partial charge in [0.1, 0.15) is 0 Å². The van der Waals surface area contributed by atoms with Crippen molar-refractivity contribution in [2.24, 2.45) is 5.73 Å². The van der Waals surface area contributed by atoms with Gasteiger partial charge in [0.2, 0.25) is 0 Å². The van der Waals surface area contributed by atoms with Crippen LogP contribution in [0, 0.1) is 0 Å². The standard InChI is InChI=1S/C6H13NOS.C4H6O.CH3NOS/c1-3-5(4-2)7-6(8)9;1-3-4(2)5;2-1(3)4/h5H,3-4H2,1-2H3,(H2,7,8,9);3H,1H2,2H3;(H3,2,3,4). The lowest BCUT2D eigenvalue weighted by atomic mass is 10.2. The second-order valence-corrected chi connectivity index (χ2v) is 3.92. The third kappa shape index (κ3) is 36.4. The molecule has 5 N–H and O–H groups in total. The number of aliphatic hydroxyl groups is 2. The van der Waals surface area contributed by atoms with Gasteiger partial charge >= 0.3 is 0 Å². The number of ketones is 1. The highest BCUT2D eigenvalue weighted by atomic mass is 32.1. The van der Waals surface area contributed by atoms with Crippen LogP contribution in [-0.4, -0.2) is 32.4 Å². The number of aliphatic hydroxyl groups excluding tert-OH is 2. The van der Waals surface area contributed by atoms with E-state index in [9.17, 15) is 4.79 Å². The number of thiocarbonyl (C=S) groups is 2. The van der Waals surface area contributed by atoms with Gasteiger partial charge in [-0.05, 0) is 50.3 Å². The third-order valence-corrected chi connectivity index (χ3v) is 1.72. The van der Waals surface area contributed by atoms with E-state index in [-0.39, 0.29) is 11.0 Å². The summed E-state index contributed by atoms with van der Waals surface area (Å²) in [6, 6.07) is 0.336. The van der Waals surface area contributed by atoms with Crippen molar-refractivity contribution in [1.29, 1.82) is 0 Å². The van der Waals surface area contributed by atoms with E-state index in [4.69, 9.17) is 10.2 Å². The summed E-state index contributed by atoms with van der Waals surface area (Å²) >= 11 is 8.32. The molecule has 0 aromatic rings. The number of hydrogen-bond donors (Lipinski definition) is 4. The number of nitrogens with two attached hydrogens (primary N) is 1. The molecule has 18 heavy (non-hydrogen) atoms. The van der Waals surface area contributed by atoms with Gasteiger partial charge < -0.3 is 21.3 Å². The summed E-state index contributed by atoms with van der Waals surface area (Å²) in [5.74, 6) is 0.0185. The van der Waals surface area contributed by atoms with Crippen molar-refractivity contribution >= 4 is 40.6 Å². The Bertz CT molecular complexity index is 263. The van der Waals surface area contributed by atoms with Crippen LogP contribution in [0.4, 0.5) is 0 Å². The first-order valence-corrected chi connectivity index (χ1v) is 6.13. The summed E-state index contributed by atoms with van der Waals surface area (Å²) in [5.41, 5.74) is 4.40. The van der Waals surface area contributed by atoms with Crippen molar-refractivity contribution in [2.75, 3.05) is 0 Å². The number of carbonyl (C=O) groups excluding carboxylic acids is 1. The van der Waals surface area contributed by atoms with E-state index in [1.165, 1.54) is 13.0 Å². The summed E-state index contributed by atoms with van der Waals surface area (Å²) in [6.45, 7) is 8.79. The topological polar surface area (TPSA) is 95.6 Å². The van der Waals surface area contributed by atoms with E-state index in [0.717, 1.165) is 12.8 Å². The van der Waals surface area contributed by atoms with Crippen molar-refractivity contribution in [3.05, 3.63) is 12.7 Å². The van der Waals surface area contributed by atoms with Crippen LogP contribution < -0.4 is 11.1 Å². The third-order valence-electron chi connectivity index (χ3n) is 1.60. The van der Waals surface area contributed by atoms with Crippen LogP contribution in [0.15, 0.2) is 12.7 Å². The molecule has 0 saturated carbocycles. The maximum absolute atomic E-state index is 9.69. The van der Waals surface area contributed by atoms with E-state index in [1.807, 2.05) is 0 Å². The Morgan fingerprint density at radius 1 is 1.39 bits per heavy atom. The zero-order valence-electron chi connectivity index (χ0n) is 11.0. The molecule has 0 atom stereocenters. The van der Waals surface area contributed by atoms with Crippen LogP contribution in [0.3, 0.4) is 0 Å². The Morgan fingerprint density at radius 2 is 1.67 bits per heavy atom. The lowest BCUT2D eigenvalue weighted by Crippen LogP contribution is -2.31. The molecule has 0 radical (unpaired) electrons. The molecule has 0 amide bonds. The molecular formula is C11H22N2O3S2. The van der Waals surface area contributed by atoms with Crippen LogP contribution >= 0.6 is 24.4 Å². The van der Waals surface area contributed by atoms with Gasteiger partial charge in [0.25, 0.3) is 10.3 Å². The van der Waals surface area contributed by atoms with Crippen LogP contribution in [0.1, 0.15) is 33.6 Å². The van der Waals surface area contributed by atoms with E-state index < -0.39 is 5.17 Å². The molecule has 0 bridgehead atoms. The normalized spacial score (nSPS) is 8.00. The first-order chi connectivity index (χ1) is 8.20. The molecule has 0 aliphatic heterocycles. The number of nitrogens with one attached hydrogen (secondary N) is 1. The van der Waals surface area contributed by atoms with Gasteiger partial charge in [0.05, 0.1) is 0 Å². The van der Waals surface area contributed by atoms with Gasteiger partial charge in [0.15, 0.2) is 5.78 Å². The van der Waals surface area contributed by atoms with Crippen molar-refractivity contribution in [3.63, 3.8) is 0 Å². The fraction of sp³-hybridized carbons (Fsp3) is 0.545. The number of allylic oxidation sites excluding steroid dienone is 1. The molecule has 0 unspecified atom stereocenters. The first kappa shape index (κ1) is 22.0. The number of hydrogen-bond acceptors (Lipinski definition) is 3. The molecule has 0 aliphatic rings. The predicted octanol–water partition coefficient (Wildman–Crippen LogP) is 2.16. The second-order valence-electron chi connectivity index (χ2n) is 3.12. The maximum Gasteiger partial charge on any atom is 0.254 e. The van der Waals surface area contributed by atoms with Gasteiger partial charge in [-0.25, -0.2) is 0 Å². The molecule has 0 spiro atoms. The minimum atomic E-state index is -0.500. The lowest BCUT2D eigenvalue weighted by molar-refractivity contribution is -0.112. The predicted molar refractivity (Wildman–Crippen MR) is 83.0 cm³/mol. The number of rotatable bonds is 4. The molecule has 5 nitrogen and oxygen atoms in total. The molecule has 0 aliphatic carbocycles. The van der Waals surface area contributed by atoms with Crippen molar-refractivity contribution in [3.8, 4) is 0 Å². The van der Waals surface area contributed by atoms with Gasteiger partial charge in [-0.2, -0.15) is 0 Å². The Hall–Kier alpha value is -1.21. The summed E-state index contributed by atoms with van der Waals surface area (Å²) in [4.78, 5) is 9.69. The second kappa shape index (κ2) is 15.8. The molecular weight excluding hydrogens is 272 g/mol. The molecule has 0 rings (SSSR count). The fourth-order valence-corrected chi connectivity index (χ4v) is 0.834. The molecule has 0 fully saturated rings. The molecule has 7 heteroatoms. The molecule has 106 valence electrons. The summed E-state index contributed by atoms with van der Waals surface area (Å²) in [7, 11) is 0. The molecule has 0 aromatic carbocycles. The summed E-state index contributed by atoms with van der Waals surface area (Å²) < 4.78 is 0. The van der Waals surface area contributed by atoms with Gasteiger partial charge in [-0.1, -0.05) is 20.4 Å². The van der Waals surface area contributed by atoms with Gasteiger partial charge in [0, 0.05) is 6.04 Å². The minimum absolute atomic E-state index is 0.0185. The maximum atomic E-state index is 9.69. The Labute approximate surface area is 119 Å². The highest BCUT2D eigenvalue weighted by Gasteiger charge is 2.01. The number of carbonyl (C=O) groups is 1. The van der Waals surface area contributed by atoms with E-state index in [1.54, 1.807) is 0 Å². The Morgan fingerprint density at radius 3 is 1.72 bits per heavy atom. The molecule has 0 heterocycles. The van der Waals surface area contributed by atoms with E-state index in [2.05, 4.69) is 55.9 Å². The van der Waals surface area contributed by atoms with Crippen molar-refractivity contribution < 1.29 is 15.0 Å².